The zero-order valence-electron chi connectivity index (χ0n) is 31.7. The molecule has 10 nitrogen and oxygen atoms in total. The number of aromatic nitrogens is 6. The molecule has 52 heavy (non-hydrogen) atoms. The van der Waals surface area contributed by atoms with Crippen molar-refractivity contribution >= 4 is 43.9 Å². The first-order valence-corrected chi connectivity index (χ1v) is 19.2. The van der Waals surface area contributed by atoms with Crippen LogP contribution >= 0.6 is 0 Å². The first kappa shape index (κ1) is 35.8. The number of hydrogen-bond acceptors (Lipinski definition) is 6. The summed E-state index contributed by atoms with van der Waals surface area (Å²) in [6.45, 7) is 14.3. The summed E-state index contributed by atoms with van der Waals surface area (Å²) in [6.07, 6.45) is 7.54. The molecular weight excluding hydrogens is 649 g/mol. The fraction of sp³-hybridized carbons (Fsp3) is 0.476. The lowest BCUT2D eigenvalue weighted by molar-refractivity contribution is 0.422. The average Bonchev–Trinajstić information content (AvgIpc) is 3.75. The Labute approximate surface area is 305 Å². The third kappa shape index (κ3) is 6.74. The van der Waals surface area contributed by atoms with E-state index in [-0.39, 0.29) is 11.1 Å². The minimum Gasteiger partial charge on any atom is -0.323 e. The Kier molecular flexibility index (Phi) is 10.5. The molecule has 6 aromatic rings. The quantitative estimate of drug-likeness (QED) is 0.179. The fourth-order valence-electron chi connectivity index (χ4n) is 8.07. The fourth-order valence-corrected chi connectivity index (χ4v) is 8.07. The van der Waals surface area contributed by atoms with Gasteiger partial charge in [0.15, 0.2) is 0 Å². The van der Waals surface area contributed by atoms with E-state index in [1.165, 1.54) is 5.57 Å². The second-order valence-corrected chi connectivity index (χ2v) is 15.4. The Morgan fingerprint density at radius 3 is 1.63 bits per heavy atom. The minimum atomic E-state index is 0.0357. The van der Waals surface area contributed by atoms with Crippen molar-refractivity contribution in [2.24, 2.45) is 20.0 Å². The summed E-state index contributed by atoms with van der Waals surface area (Å²) in [4.78, 5) is 36.5. The monoisotopic (exact) mass is 702 g/mol. The van der Waals surface area contributed by atoms with E-state index >= 15 is 0 Å². The number of nitrogens with zero attached hydrogens (tertiary/aromatic N) is 6. The summed E-state index contributed by atoms with van der Waals surface area (Å²) < 4.78 is 7.93. The van der Waals surface area contributed by atoms with Gasteiger partial charge < -0.3 is 28.9 Å². The number of imidazole rings is 2. The van der Waals surface area contributed by atoms with Gasteiger partial charge in [-0.25, -0.2) is 9.97 Å². The summed E-state index contributed by atoms with van der Waals surface area (Å²) in [6, 6.07) is 16.2. The maximum Gasteiger partial charge on any atom is 0.276 e. The van der Waals surface area contributed by atoms with E-state index in [9.17, 15) is 9.59 Å². The Hall–Kier alpha value is -4.54. The van der Waals surface area contributed by atoms with Crippen LogP contribution in [0.25, 0.3) is 43.9 Å². The van der Waals surface area contributed by atoms with Crippen LogP contribution in [0, 0.1) is 5.92 Å². The van der Waals surface area contributed by atoms with E-state index in [1.807, 2.05) is 50.5 Å². The zero-order valence-corrected chi connectivity index (χ0v) is 31.7. The second-order valence-electron chi connectivity index (χ2n) is 15.4. The SMILES string of the molecule is CC(C)=CCn1c(C2CCNCC2)nc2c3ccccc3n(C)c(=O)c21.CC(C)CCn1c(C2CCNCC2)nc2c3ccccc3n(C)c(=O)c21. The molecule has 0 spiro atoms. The molecule has 2 saturated heterocycles. The summed E-state index contributed by atoms with van der Waals surface area (Å²) >= 11 is 0. The summed E-state index contributed by atoms with van der Waals surface area (Å²) in [5.41, 5.74) is 6.48. The van der Waals surface area contributed by atoms with Crippen LogP contribution in [0.2, 0.25) is 0 Å². The molecule has 2 aromatic carbocycles. The van der Waals surface area contributed by atoms with Crippen molar-refractivity contribution < 1.29 is 0 Å². The maximum absolute atomic E-state index is 13.2. The summed E-state index contributed by atoms with van der Waals surface area (Å²) in [5.74, 6) is 3.60. The van der Waals surface area contributed by atoms with Crippen molar-refractivity contribution in [3.8, 4) is 0 Å². The van der Waals surface area contributed by atoms with E-state index in [0.717, 1.165) is 120 Å². The van der Waals surface area contributed by atoms with Crippen LogP contribution in [0.15, 0.2) is 69.8 Å². The number of benzene rings is 2. The van der Waals surface area contributed by atoms with Crippen LogP contribution < -0.4 is 21.8 Å². The van der Waals surface area contributed by atoms with Crippen LogP contribution in [0.1, 0.15) is 83.3 Å². The normalized spacial score (nSPS) is 15.9. The lowest BCUT2D eigenvalue weighted by atomic mass is 9.97. The van der Waals surface area contributed by atoms with Gasteiger partial charge in [0.1, 0.15) is 33.7 Å². The van der Waals surface area contributed by atoms with Crippen molar-refractivity contribution in [1.82, 2.24) is 38.9 Å². The molecule has 0 unspecified atom stereocenters. The average molecular weight is 703 g/mol. The molecule has 8 rings (SSSR count). The van der Waals surface area contributed by atoms with Gasteiger partial charge in [0.2, 0.25) is 0 Å². The molecule has 0 bridgehead atoms. The van der Waals surface area contributed by atoms with Gasteiger partial charge in [-0.05, 0) is 90.2 Å². The number of nitrogens with one attached hydrogen (secondary N) is 2. The predicted molar refractivity (Wildman–Crippen MR) is 214 cm³/mol. The highest BCUT2D eigenvalue weighted by Gasteiger charge is 2.27. The largest absolute Gasteiger partial charge is 0.323 e. The van der Waals surface area contributed by atoms with Crippen LogP contribution in [0.3, 0.4) is 0 Å². The lowest BCUT2D eigenvalue weighted by Gasteiger charge is -2.23. The van der Waals surface area contributed by atoms with E-state index in [2.05, 4.69) is 65.7 Å². The van der Waals surface area contributed by atoms with Crippen molar-refractivity contribution in [2.75, 3.05) is 26.2 Å². The molecule has 0 saturated carbocycles. The second kappa shape index (κ2) is 15.2. The van der Waals surface area contributed by atoms with Gasteiger partial charge in [-0.15, -0.1) is 0 Å². The molecule has 274 valence electrons. The van der Waals surface area contributed by atoms with Gasteiger partial charge in [0, 0.05) is 49.8 Å². The smallest absolute Gasteiger partial charge is 0.276 e. The number of para-hydroxylation sites is 2. The first-order valence-electron chi connectivity index (χ1n) is 19.2. The van der Waals surface area contributed by atoms with Crippen molar-refractivity contribution in [1.29, 1.82) is 0 Å². The van der Waals surface area contributed by atoms with E-state index in [1.54, 1.807) is 9.13 Å². The third-order valence-electron chi connectivity index (χ3n) is 11.1. The highest BCUT2D eigenvalue weighted by Crippen LogP contribution is 2.32. The number of allylic oxidation sites excluding steroid dienone is 2. The molecular formula is C42H54N8O2. The van der Waals surface area contributed by atoms with Crippen LogP contribution in [0.5, 0.6) is 0 Å². The predicted octanol–water partition coefficient (Wildman–Crippen LogP) is 6.72. The highest BCUT2D eigenvalue weighted by atomic mass is 16.1. The molecule has 0 atom stereocenters. The van der Waals surface area contributed by atoms with E-state index in [0.29, 0.717) is 24.3 Å². The van der Waals surface area contributed by atoms with Crippen molar-refractivity contribution in [3.05, 3.63) is 92.5 Å². The van der Waals surface area contributed by atoms with Gasteiger partial charge in [0.05, 0.1) is 11.0 Å². The van der Waals surface area contributed by atoms with Gasteiger partial charge >= 0.3 is 0 Å². The molecule has 0 amide bonds. The number of pyridine rings is 2. The number of fused-ring (bicyclic) bond motifs is 6. The Morgan fingerprint density at radius 2 is 1.17 bits per heavy atom. The standard InChI is InChI=1S/C21H28N4O.C21H26N4O/c2*1-14(2)10-13-25-19-18(23-20(25)15-8-11-22-12-9-15)16-6-4-5-7-17(16)24(3)21(19)26/h4-7,14-15,22H,8-13H2,1-3H3;4-7,10,15,22H,8-9,11-13H2,1-3H3. The van der Waals surface area contributed by atoms with Gasteiger partial charge in [-0.1, -0.05) is 61.9 Å². The topological polar surface area (TPSA) is 104 Å². The van der Waals surface area contributed by atoms with Gasteiger partial charge in [-0.3, -0.25) is 9.59 Å². The molecule has 2 fully saturated rings. The number of hydrogen-bond donors (Lipinski definition) is 2. The third-order valence-corrected chi connectivity index (χ3v) is 11.1. The Balaban J connectivity index is 0.000000162. The Bertz CT molecular complexity index is 2380. The highest BCUT2D eigenvalue weighted by molar-refractivity contribution is 6.03. The summed E-state index contributed by atoms with van der Waals surface area (Å²) in [5, 5.41) is 8.98. The van der Waals surface area contributed by atoms with E-state index in [4.69, 9.17) is 9.97 Å². The number of piperidine rings is 2. The molecule has 0 aliphatic carbocycles. The molecule has 6 heterocycles. The first-order chi connectivity index (χ1) is 25.2. The lowest BCUT2D eigenvalue weighted by Crippen LogP contribution is -2.28. The van der Waals surface area contributed by atoms with Gasteiger partial charge in [0.25, 0.3) is 11.1 Å². The van der Waals surface area contributed by atoms with Crippen LogP contribution in [-0.4, -0.2) is 54.4 Å². The molecule has 2 aliphatic heterocycles. The van der Waals surface area contributed by atoms with Crippen LogP contribution in [-0.2, 0) is 27.2 Å². The maximum atomic E-state index is 13.2. The molecule has 2 aliphatic rings. The molecule has 10 heteroatoms. The van der Waals surface area contributed by atoms with Gasteiger partial charge in [-0.2, -0.15) is 0 Å². The molecule has 4 aromatic heterocycles. The zero-order chi connectivity index (χ0) is 36.5. The van der Waals surface area contributed by atoms with E-state index < -0.39 is 0 Å². The molecule has 2 N–H and O–H groups in total. The van der Waals surface area contributed by atoms with Crippen molar-refractivity contribution in [2.45, 2.75) is 84.7 Å². The Morgan fingerprint density at radius 1 is 0.731 bits per heavy atom. The van der Waals surface area contributed by atoms with Crippen LogP contribution in [0.4, 0.5) is 0 Å². The molecule has 0 radical (unpaired) electrons. The summed E-state index contributed by atoms with van der Waals surface area (Å²) in [7, 11) is 3.72. The number of rotatable bonds is 7. The van der Waals surface area contributed by atoms with Crippen molar-refractivity contribution in [3.63, 3.8) is 0 Å². The number of aryl methyl sites for hydroxylation is 3. The minimum absolute atomic E-state index is 0.0357.